The van der Waals surface area contributed by atoms with Gasteiger partial charge in [0, 0.05) is 35.3 Å². The van der Waals surface area contributed by atoms with Gasteiger partial charge in [-0.05, 0) is 37.6 Å². The number of hydrogen-bond acceptors (Lipinski definition) is 3. The Labute approximate surface area is 117 Å². The van der Waals surface area contributed by atoms with E-state index < -0.39 is 0 Å². The van der Waals surface area contributed by atoms with Crippen LogP contribution in [0.2, 0.25) is 0 Å². The van der Waals surface area contributed by atoms with Crippen molar-refractivity contribution >= 4 is 21.6 Å². The summed E-state index contributed by atoms with van der Waals surface area (Å²) < 4.78 is 1.11. The molecule has 0 amide bonds. The molecule has 1 heterocycles. The summed E-state index contributed by atoms with van der Waals surface area (Å²) in [6.07, 6.45) is 0.566. The Morgan fingerprint density at radius 3 is 2.94 bits per heavy atom. The van der Waals surface area contributed by atoms with Crippen molar-refractivity contribution < 1.29 is 0 Å². The summed E-state index contributed by atoms with van der Waals surface area (Å²) in [5.41, 5.74) is 2.55. The highest BCUT2D eigenvalue weighted by Crippen LogP contribution is 2.25. The molecule has 0 bridgehead atoms. The number of hydrogen-bond donors (Lipinski definition) is 1. The predicted octanol–water partition coefficient (Wildman–Crippen LogP) is 2.84. The minimum atomic E-state index is 0.266. The van der Waals surface area contributed by atoms with Gasteiger partial charge in [-0.3, -0.25) is 0 Å². The lowest BCUT2D eigenvalue weighted by atomic mass is 10.1. The third-order valence-corrected chi connectivity index (χ3v) is 3.79. The lowest BCUT2D eigenvalue weighted by molar-refractivity contribution is 0.391. The Balaban J connectivity index is 2.19. The number of nitrogens with one attached hydrogen (secondary N) is 1. The average Bonchev–Trinajstić information content (AvgIpc) is 2.28. The summed E-state index contributed by atoms with van der Waals surface area (Å²) in [7, 11) is 0. The molecule has 0 aromatic heterocycles. The van der Waals surface area contributed by atoms with Crippen LogP contribution in [0.15, 0.2) is 22.7 Å². The van der Waals surface area contributed by atoms with E-state index in [1.807, 2.05) is 0 Å². The molecule has 3 nitrogen and oxygen atoms in total. The van der Waals surface area contributed by atoms with Crippen molar-refractivity contribution in [1.82, 2.24) is 5.32 Å². The van der Waals surface area contributed by atoms with Crippen LogP contribution >= 0.6 is 15.9 Å². The van der Waals surface area contributed by atoms with E-state index in [1.165, 1.54) is 11.3 Å². The summed E-state index contributed by atoms with van der Waals surface area (Å²) in [6.45, 7) is 6.20. The molecule has 18 heavy (non-hydrogen) atoms. The van der Waals surface area contributed by atoms with E-state index in [4.69, 9.17) is 5.26 Å². The summed E-state index contributed by atoms with van der Waals surface area (Å²) in [4.78, 5) is 2.38. The fourth-order valence-corrected chi connectivity index (χ4v) is 3.06. The summed E-state index contributed by atoms with van der Waals surface area (Å²) in [5.74, 6) is 0. The number of rotatable bonds is 2. The van der Waals surface area contributed by atoms with Crippen LogP contribution < -0.4 is 10.2 Å². The van der Waals surface area contributed by atoms with Crippen molar-refractivity contribution in [1.29, 1.82) is 5.26 Å². The Hall–Kier alpha value is -1.05. The minimum absolute atomic E-state index is 0.266. The van der Waals surface area contributed by atoms with Gasteiger partial charge >= 0.3 is 0 Å². The molecule has 0 spiro atoms. The standard InChI is InChI=1S/C14H18BrN3/c1-10-7-12(15)3-4-14(10)18-8-11(2)17-13(9-18)5-6-16/h3-4,7,11,13,17H,5,8-9H2,1-2H3. The van der Waals surface area contributed by atoms with Gasteiger partial charge in [-0.1, -0.05) is 15.9 Å². The second-order valence-corrected chi connectivity index (χ2v) is 5.88. The zero-order valence-electron chi connectivity index (χ0n) is 10.8. The summed E-state index contributed by atoms with van der Waals surface area (Å²) in [5, 5.41) is 12.3. The number of nitriles is 1. The first-order valence-electron chi connectivity index (χ1n) is 6.24. The SMILES string of the molecule is Cc1cc(Br)ccc1N1CC(C)NC(CC#N)C1. The number of piperazine rings is 1. The molecule has 0 aliphatic carbocycles. The second kappa shape index (κ2) is 5.73. The lowest BCUT2D eigenvalue weighted by Gasteiger charge is -2.39. The molecule has 2 unspecified atom stereocenters. The molecule has 1 fully saturated rings. The highest BCUT2D eigenvalue weighted by Gasteiger charge is 2.24. The second-order valence-electron chi connectivity index (χ2n) is 4.96. The Morgan fingerprint density at radius 1 is 1.50 bits per heavy atom. The zero-order chi connectivity index (χ0) is 13.1. The Kier molecular flexibility index (Phi) is 4.26. The fourth-order valence-electron chi connectivity index (χ4n) is 2.58. The molecule has 96 valence electrons. The van der Waals surface area contributed by atoms with Gasteiger partial charge in [0.1, 0.15) is 0 Å². The van der Waals surface area contributed by atoms with Crippen LogP contribution in [-0.2, 0) is 0 Å². The van der Waals surface area contributed by atoms with Crippen LogP contribution in [0, 0.1) is 18.3 Å². The number of benzene rings is 1. The first-order chi connectivity index (χ1) is 8.60. The molecule has 1 N–H and O–H groups in total. The maximum absolute atomic E-state index is 8.84. The van der Waals surface area contributed by atoms with Crippen LogP contribution in [0.4, 0.5) is 5.69 Å². The monoisotopic (exact) mass is 307 g/mol. The van der Waals surface area contributed by atoms with Crippen molar-refractivity contribution in [3.8, 4) is 6.07 Å². The maximum Gasteiger partial charge on any atom is 0.0638 e. The van der Waals surface area contributed by atoms with Crippen molar-refractivity contribution in [2.75, 3.05) is 18.0 Å². The molecule has 1 aromatic rings. The first-order valence-corrected chi connectivity index (χ1v) is 7.03. The molecule has 2 atom stereocenters. The van der Waals surface area contributed by atoms with Crippen molar-refractivity contribution in [2.24, 2.45) is 0 Å². The fraction of sp³-hybridized carbons (Fsp3) is 0.500. The van der Waals surface area contributed by atoms with Gasteiger partial charge in [0.25, 0.3) is 0 Å². The van der Waals surface area contributed by atoms with E-state index in [1.54, 1.807) is 0 Å². The summed E-state index contributed by atoms with van der Waals surface area (Å²) in [6, 6.07) is 9.31. The van der Waals surface area contributed by atoms with Crippen molar-refractivity contribution in [2.45, 2.75) is 32.4 Å². The van der Waals surface area contributed by atoms with Crippen LogP contribution in [0.25, 0.3) is 0 Å². The molecule has 1 aliphatic heterocycles. The number of nitrogens with zero attached hydrogens (tertiary/aromatic N) is 2. The Morgan fingerprint density at radius 2 is 2.28 bits per heavy atom. The van der Waals surface area contributed by atoms with E-state index in [0.717, 1.165) is 17.6 Å². The molecule has 2 rings (SSSR count). The maximum atomic E-state index is 8.84. The van der Waals surface area contributed by atoms with E-state index in [0.29, 0.717) is 12.5 Å². The van der Waals surface area contributed by atoms with Crippen molar-refractivity contribution in [3.05, 3.63) is 28.2 Å². The van der Waals surface area contributed by atoms with E-state index in [-0.39, 0.29) is 6.04 Å². The molecule has 0 saturated carbocycles. The Bertz CT molecular complexity index is 467. The van der Waals surface area contributed by atoms with Gasteiger partial charge in [0.15, 0.2) is 0 Å². The number of aryl methyl sites for hydroxylation is 1. The predicted molar refractivity (Wildman–Crippen MR) is 77.7 cm³/mol. The first kappa shape index (κ1) is 13.4. The van der Waals surface area contributed by atoms with Crippen LogP contribution in [0.5, 0.6) is 0 Å². The highest BCUT2D eigenvalue weighted by molar-refractivity contribution is 9.10. The van der Waals surface area contributed by atoms with E-state index >= 15 is 0 Å². The van der Waals surface area contributed by atoms with Crippen LogP contribution in [0.3, 0.4) is 0 Å². The number of halogens is 1. The molecule has 0 radical (unpaired) electrons. The molecular weight excluding hydrogens is 290 g/mol. The molecule has 1 aromatic carbocycles. The van der Waals surface area contributed by atoms with Gasteiger partial charge in [-0.15, -0.1) is 0 Å². The van der Waals surface area contributed by atoms with Gasteiger partial charge in [0.05, 0.1) is 12.5 Å². The highest BCUT2D eigenvalue weighted by atomic mass is 79.9. The molecule has 1 aliphatic rings. The zero-order valence-corrected chi connectivity index (χ0v) is 12.4. The smallest absolute Gasteiger partial charge is 0.0638 e. The largest absolute Gasteiger partial charge is 0.368 e. The van der Waals surface area contributed by atoms with Gasteiger partial charge in [-0.2, -0.15) is 5.26 Å². The quantitative estimate of drug-likeness (QED) is 0.913. The average molecular weight is 308 g/mol. The lowest BCUT2D eigenvalue weighted by Crippen LogP contribution is -2.55. The molecule has 4 heteroatoms. The summed E-state index contributed by atoms with van der Waals surface area (Å²) >= 11 is 3.49. The van der Waals surface area contributed by atoms with Gasteiger partial charge in [0.2, 0.25) is 0 Å². The number of anilines is 1. The normalized spacial score (nSPS) is 23.8. The third-order valence-electron chi connectivity index (χ3n) is 3.29. The van der Waals surface area contributed by atoms with Crippen molar-refractivity contribution in [3.63, 3.8) is 0 Å². The van der Waals surface area contributed by atoms with Crippen LogP contribution in [0.1, 0.15) is 18.9 Å². The van der Waals surface area contributed by atoms with E-state index in [2.05, 4.69) is 64.3 Å². The van der Waals surface area contributed by atoms with E-state index in [9.17, 15) is 0 Å². The molecule has 1 saturated heterocycles. The minimum Gasteiger partial charge on any atom is -0.368 e. The molecular formula is C14H18BrN3. The van der Waals surface area contributed by atoms with Crippen LogP contribution in [-0.4, -0.2) is 25.2 Å². The topological polar surface area (TPSA) is 39.1 Å². The van der Waals surface area contributed by atoms with Gasteiger partial charge in [-0.25, -0.2) is 0 Å². The third kappa shape index (κ3) is 3.04. The van der Waals surface area contributed by atoms with Gasteiger partial charge < -0.3 is 10.2 Å².